The highest BCUT2D eigenvalue weighted by Crippen LogP contribution is 2.16. The van der Waals surface area contributed by atoms with Crippen LogP contribution in [-0.4, -0.2) is 23.0 Å². The first-order valence-corrected chi connectivity index (χ1v) is 8.35. The van der Waals surface area contributed by atoms with Crippen LogP contribution in [-0.2, 0) is 9.59 Å². The highest BCUT2D eigenvalue weighted by Gasteiger charge is 2.22. The topological polar surface area (TPSA) is 82.3 Å². The van der Waals surface area contributed by atoms with Crippen LogP contribution in [0, 0.1) is 5.92 Å². The van der Waals surface area contributed by atoms with Crippen LogP contribution >= 0.6 is 12.2 Å². The average molecular weight is 350 g/mol. The van der Waals surface area contributed by atoms with Crippen LogP contribution in [0.3, 0.4) is 0 Å². The van der Waals surface area contributed by atoms with Crippen molar-refractivity contribution in [3.05, 3.63) is 29.8 Å². The molecule has 2 amide bonds. The Morgan fingerprint density at radius 1 is 1.00 bits per heavy atom. The van der Waals surface area contributed by atoms with Crippen LogP contribution < -0.4 is 21.5 Å². The zero-order chi connectivity index (χ0) is 18.3. The fraction of sp³-hybridized carbons (Fsp3) is 0.471. The van der Waals surface area contributed by atoms with Crippen LogP contribution in [0.4, 0.5) is 5.69 Å². The van der Waals surface area contributed by atoms with Gasteiger partial charge in [0.15, 0.2) is 5.11 Å². The summed E-state index contributed by atoms with van der Waals surface area (Å²) in [5.41, 5.74) is 7.22. The highest BCUT2D eigenvalue weighted by molar-refractivity contribution is 7.80. The van der Waals surface area contributed by atoms with E-state index in [1.54, 1.807) is 0 Å². The number of anilines is 1. The van der Waals surface area contributed by atoms with Crippen molar-refractivity contribution in [1.82, 2.24) is 16.2 Å². The fourth-order valence-electron chi connectivity index (χ4n) is 2.06. The van der Waals surface area contributed by atoms with E-state index < -0.39 is 6.04 Å². The highest BCUT2D eigenvalue weighted by atomic mass is 32.1. The zero-order valence-corrected chi connectivity index (χ0v) is 15.6. The molecule has 1 aromatic carbocycles. The number of benzene rings is 1. The van der Waals surface area contributed by atoms with Crippen LogP contribution in [0.5, 0.6) is 0 Å². The molecule has 4 N–H and O–H groups in total. The number of hydrazine groups is 1. The van der Waals surface area contributed by atoms with Gasteiger partial charge in [-0.25, -0.2) is 0 Å². The van der Waals surface area contributed by atoms with Crippen LogP contribution in [0.15, 0.2) is 24.3 Å². The van der Waals surface area contributed by atoms with Crippen molar-refractivity contribution in [2.45, 2.75) is 46.6 Å². The SMILES string of the molecule is CC(=O)N[C@H](C(=O)NNC(=S)Nc1ccc(C(C)C)cc1)C(C)C. The second-order valence-corrected chi connectivity index (χ2v) is 6.68. The quantitative estimate of drug-likeness (QED) is 0.484. The number of thiocarbonyl (C=S) groups is 1. The molecule has 0 aliphatic heterocycles. The first-order chi connectivity index (χ1) is 11.2. The normalized spacial score (nSPS) is 11.8. The van der Waals surface area contributed by atoms with Crippen molar-refractivity contribution < 1.29 is 9.59 Å². The summed E-state index contributed by atoms with van der Waals surface area (Å²) in [6.07, 6.45) is 0. The van der Waals surface area contributed by atoms with Crippen LogP contribution in [0.25, 0.3) is 0 Å². The number of nitrogens with one attached hydrogen (secondary N) is 4. The molecule has 0 saturated carbocycles. The summed E-state index contributed by atoms with van der Waals surface area (Å²) in [7, 11) is 0. The predicted molar refractivity (Wildman–Crippen MR) is 100 cm³/mol. The average Bonchev–Trinajstić information content (AvgIpc) is 2.50. The largest absolute Gasteiger partial charge is 0.344 e. The number of rotatable bonds is 5. The Morgan fingerprint density at radius 2 is 1.58 bits per heavy atom. The molecular weight excluding hydrogens is 324 g/mol. The van der Waals surface area contributed by atoms with Gasteiger partial charge in [-0.15, -0.1) is 0 Å². The van der Waals surface area contributed by atoms with E-state index in [1.165, 1.54) is 12.5 Å². The van der Waals surface area contributed by atoms with Crippen molar-refractivity contribution >= 4 is 34.8 Å². The van der Waals surface area contributed by atoms with E-state index in [9.17, 15) is 9.59 Å². The van der Waals surface area contributed by atoms with Crippen molar-refractivity contribution in [1.29, 1.82) is 0 Å². The molecule has 0 spiro atoms. The van der Waals surface area contributed by atoms with Gasteiger partial charge in [-0.1, -0.05) is 39.8 Å². The minimum absolute atomic E-state index is 0.0409. The third kappa shape index (κ3) is 6.54. The summed E-state index contributed by atoms with van der Waals surface area (Å²) in [5, 5.41) is 5.87. The van der Waals surface area contributed by atoms with E-state index >= 15 is 0 Å². The molecule has 0 bridgehead atoms. The number of hydrogen-bond donors (Lipinski definition) is 4. The van der Waals surface area contributed by atoms with E-state index in [0.29, 0.717) is 5.92 Å². The molecule has 0 radical (unpaired) electrons. The Bertz CT molecular complexity index is 585. The second-order valence-electron chi connectivity index (χ2n) is 6.27. The maximum Gasteiger partial charge on any atom is 0.261 e. The minimum Gasteiger partial charge on any atom is -0.344 e. The Kier molecular flexibility index (Phi) is 7.64. The monoisotopic (exact) mass is 350 g/mol. The fourth-order valence-corrected chi connectivity index (χ4v) is 2.23. The predicted octanol–water partition coefficient (Wildman–Crippen LogP) is 2.29. The van der Waals surface area contributed by atoms with Gasteiger partial charge in [-0.2, -0.15) is 0 Å². The summed E-state index contributed by atoms with van der Waals surface area (Å²) in [6, 6.07) is 7.29. The molecule has 1 atom stereocenters. The molecule has 24 heavy (non-hydrogen) atoms. The second kappa shape index (κ2) is 9.22. The van der Waals surface area contributed by atoms with Gasteiger partial charge in [-0.3, -0.25) is 20.4 Å². The zero-order valence-electron chi connectivity index (χ0n) is 14.8. The Morgan fingerprint density at radius 3 is 2.04 bits per heavy atom. The van der Waals surface area contributed by atoms with E-state index in [0.717, 1.165) is 5.69 Å². The lowest BCUT2D eigenvalue weighted by atomic mass is 10.0. The summed E-state index contributed by atoms with van der Waals surface area (Å²) in [4.78, 5) is 23.3. The first kappa shape index (κ1) is 19.9. The van der Waals surface area contributed by atoms with Crippen molar-refractivity contribution in [3.63, 3.8) is 0 Å². The van der Waals surface area contributed by atoms with Crippen LogP contribution in [0.2, 0.25) is 0 Å². The third-order valence-corrected chi connectivity index (χ3v) is 3.65. The molecule has 1 aromatic rings. The lowest BCUT2D eigenvalue weighted by molar-refractivity contribution is -0.129. The maximum atomic E-state index is 12.1. The molecular formula is C17H26N4O2S. The Balaban J connectivity index is 2.52. The van der Waals surface area contributed by atoms with Gasteiger partial charge in [-0.05, 0) is 41.7 Å². The Labute approximate surface area is 148 Å². The smallest absolute Gasteiger partial charge is 0.261 e. The number of hydrogen-bond acceptors (Lipinski definition) is 3. The van der Waals surface area contributed by atoms with Crippen molar-refractivity contribution in [2.24, 2.45) is 5.92 Å². The van der Waals surface area contributed by atoms with E-state index in [4.69, 9.17) is 12.2 Å². The molecule has 0 saturated heterocycles. The molecule has 7 heteroatoms. The summed E-state index contributed by atoms with van der Waals surface area (Å²) in [5.74, 6) is -0.180. The first-order valence-electron chi connectivity index (χ1n) is 7.94. The number of carbonyl (C=O) groups excluding carboxylic acids is 2. The molecule has 0 aromatic heterocycles. The van der Waals surface area contributed by atoms with Crippen LogP contribution in [0.1, 0.15) is 46.1 Å². The molecule has 0 aliphatic carbocycles. The standard InChI is InChI=1S/C17H26N4O2S/c1-10(2)13-6-8-14(9-7-13)19-17(24)21-20-16(23)15(11(3)4)18-12(5)22/h6-11,15H,1-5H3,(H,18,22)(H,20,23)(H2,19,21,24)/t15-/m0/s1. The van der Waals surface area contributed by atoms with Gasteiger partial charge >= 0.3 is 0 Å². The van der Waals surface area contributed by atoms with Crippen molar-refractivity contribution in [3.8, 4) is 0 Å². The summed E-state index contributed by atoms with van der Waals surface area (Å²) >= 11 is 5.15. The summed E-state index contributed by atoms with van der Waals surface area (Å²) in [6.45, 7) is 9.35. The number of amides is 2. The Hall–Kier alpha value is -2.15. The number of carbonyl (C=O) groups is 2. The molecule has 0 fully saturated rings. The third-order valence-electron chi connectivity index (χ3n) is 3.44. The van der Waals surface area contributed by atoms with Gasteiger partial charge in [0.2, 0.25) is 5.91 Å². The van der Waals surface area contributed by atoms with Crippen molar-refractivity contribution in [2.75, 3.05) is 5.32 Å². The lowest BCUT2D eigenvalue weighted by Crippen LogP contribution is -2.54. The van der Waals surface area contributed by atoms with E-state index in [1.807, 2.05) is 38.1 Å². The van der Waals surface area contributed by atoms with Gasteiger partial charge in [0.1, 0.15) is 6.04 Å². The van der Waals surface area contributed by atoms with Gasteiger partial charge in [0.05, 0.1) is 0 Å². The molecule has 132 valence electrons. The van der Waals surface area contributed by atoms with Gasteiger partial charge in [0.25, 0.3) is 5.91 Å². The molecule has 1 rings (SSSR count). The van der Waals surface area contributed by atoms with Gasteiger partial charge < -0.3 is 10.6 Å². The molecule has 6 nitrogen and oxygen atoms in total. The van der Waals surface area contributed by atoms with Gasteiger partial charge in [0, 0.05) is 12.6 Å². The molecule has 0 heterocycles. The molecule has 0 unspecified atom stereocenters. The lowest BCUT2D eigenvalue weighted by Gasteiger charge is -2.21. The summed E-state index contributed by atoms with van der Waals surface area (Å²) < 4.78 is 0. The minimum atomic E-state index is -0.622. The molecule has 0 aliphatic rings. The van der Waals surface area contributed by atoms with E-state index in [-0.39, 0.29) is 22.8 Å². The maximum absolute atomic E-state index is 12.1. The van der Waals surface area contributed by atoms with E-state index in [2.05, 4.69) is 35.3 Å².